The first-order chi connectivity index (χ1) is 30.3. The number of pyridine rings is 1. The number of unbranched alkanes of at least 4 members (excludes halogenated alkanes) is 2. The number of aromatic nitrogens is 1. The van der Waals surface area contributed by atoms with Gasteiger partial charge in [-0.25, -0.2) is 14.6 Å². The Morgan fingerprint density at radius 3 is 1.62 bits per heavy atom. The maximum Gasteiger partial charge on any atom is 0.326 e. The summed E-state index contributed by atoms with van der Waals surface area (Å²) in [4.78, 5) is 121. The number of carbonyl (C=O) groups excluding carboxylic acids is 4. The number of hydrogen-bond acceptors (Lipinski definition) is 14. The zero-order valence-corrected chi connectivity index (χ0v) is 37.7. The normalized spacial score (nSPS) is 15.7. The third-order valence-corrected chi connectivity index (χ3v) is 10.7. The summed E-state index contributed by atoms with van der Waals surface area (Å²) in [6, 6.07) is 0.205. The van der Waals surface area contributed by atoms with Crippen molar-refractivity contribution in [1.82, 2.24) is 45.4 Å². The van der Waals surface area contributed by atoms with Crippen LogP contribution in [0.4, 0.5) is 4.79 Å². The number of carboxylic acids is 5. The quantitative estimate of drug-likeness (QED) is 0.0414. The fourth-order valence-electron chi connectivity index (χ4n) is 6.75. The number of urea groups is 1. The number of aliphatic carboxylic acids is 5. The van der Waals surface area contributed by atoms with Crippen LogP contribution in [0.5, 0.6) is 0 Å². The number of nitrogens with one attached hydrogen (secondary N) is 3. The lowest BCUT2D eigenvalue weighted by Gasteiger charge is -2.32. The van der Waals surface area contributed by atoms with Gasteiger partial charge in [-0.15, -0.1) is 0 Å². The lowest BCUT2D eigenvalue weighted by Crippen LogP contribution is -2.50. The van der Waals surface area contributed by atoms with Gasteiger partial charge < -0.3 is 46.4 Å². The molecule has 64 heavy (non-hydrogen) atoms. The second-order valence-electron chi connectivity index (χ2n) is 15.5. The first kappa shape index (κ1) is 54.8. The lowest BCUT2D eigenvalue weighted by molar-refractivity contribution is -0.140. The summed E-state index contributed by atoms with van der Waals surface area (Å²) in [6.45, 7) is 3.16. The van der Waals surface area contributed by atoms with Crippen molar-refractivity contribution in [1.29, 1.82) is 0 Å². The van der Waals surface area contributed by atoms with Gasteiger partial charge in [-0.3, -0.25) is 53.2 Å². The minimum absolute atomic E-state index is 0.0101. The SMILES string of the molecule is CC(=O)[C@H](CCC(=O)O)NC(=O)N[C@@H](CCCCN(Cc1ccc(Br)nc1)C(=O)CCCCNC(=O)CN1CCN(CC(=O)O)CCN(CC(=O)O)CCN(CC(=O)O)CC1)C(=O)O. The van der Waals surface area contributed by atoms with Gasteiger partial charge in [0.2, 0.25) is 11.8 Å². The van der Waals surface area contributed by atoms with Crippen LogP contribution in [0.1, 0.15) is 63.9 Å². The summed E-state index contributed by atoms with van der Waals surface area (Å²) in [5, 5.41) is 54.4. The second kappa shape index (κ2) is 29.9. The monoisotopic (exact) mass is 971 g/mol. The van der Waals surface area contributed by atoms with E-state index in [-0.39, 0.29) is 123 Å². The highest BCUT2D eigenvalue weighted by molar-refractivity contribution is 9.10. The summed E-state index contributed by atoms with van der Waals surface area (Å²) in [7, 11) is 0. The van der Waals surface area contributed by atoms with E-state index < -0.39 is 53.7 Å². The smallest absolute Gasteiger partial charge is 0.326 e. The summed E-state index contributed by atoms with van der Waals surface area (Å²) in [6.07, 6.45) is 2.84. The second-order valence-corrected chi connectivity index (χ2v) is 16.3. The Morgan fingerprint density at radius 1 is 0.656 bits per heavy atom. The molecule has 4 amide bonds. The molecule has 358 valence electrons. The van der Waals surface area contributed by atoms with Crippen LogP contribution < -0.4 is 16.0 Å². The van der Waals surface area contributed by atoms with Gasteiger partial charge in [-0.1, -0.05) is 6.07 Å². The predicted molar refractivity (Wildman–Crippen MR) is 231 cm³/mol. The molecule has 0 bridgehead atoms. The summed E-state index contributed by atoms with van der Waals surface area (Å²) < 4.78 is 0.610. The van der Waals surface area contributed by atoms with Gasteiger partial charge in [-0.2, -0.15) is 0 Å². The highest BCUT2D eigenvalue weighted by atomic mass is 79.9. The van der Waals surface area contributed by atoms with Crippen molar-refractivity contribution < 1.29 is 68.7 Å². The molecule has 1 aliphatic heterocycles. The highest BCUT2D eigenvalue weighted by Gasteiger charge is 2.25. The molecule has 0 radical (unpaired) electrons. The number of Topliss-reactive ketones (excluding diaryl/α,β-unsaturated/α-hetero) is 1. The molecule has 0 aliphatic carbocycles. The number of amides is 4. The van der Waals surface area contributed by atoms with Gasteiger partial charge in [0.25, 0.3) is 0 Å². The molecule has 0 unspecified atom stereocenters. The molecular weight excluding hydrogens is 910 g/mol. The molecule has 0 saturated carbocycles. The van der Waals surface area contributed by atoms with Gasteiger partial charge in [-0.05, 0) is 73.0 Å². The Morgan fingerprint density at radius 2 is 1.17 bits per heavy atom. The molecule has 1 aromatic rings. The van der Waals surface area contributed by atoms with E-state index in [1.54, 1.807) is 31.9 Å². The summed E-state index contributed by atoms with van der Waals surface area (Å²) >= 11 is 3.29. The van der Waals surface area contributed by atoms with Crippen LogP contribution in [0.15, 0.2) is 22.9 Å². The highest BCUT2D eigenvalue weighted by Crippen LogP contribution is 2.13. The molecule has 0 aromatic carbocycles. The van der Waals surface area contributed by atoms with Gasteiger partial charge in [0, 0.05) is 91.0 Å². The summed E-state index contributed by atoms with van der Waals surface area (Å²) in [5.74, 6) is -6.60. The third kappa shape index (κ3) is 24.5. The number of halogens is 1. The van der Waals surface area contributed by atoms with E-state index >= 15 is 0 Å². The van der Waals surface area contributed by atoms with Crippen molar-refractivity contribution in [3.63, 3.8) is 0 Å². The van der Waals surface area contributed by atoms with E-state index in [4.69, 9.17) is 5.11 Å². The largest absolute Gasteiger partial charge is 0.481 e. The maximum absolute atomic E-state index is 13.5. The number of hydrogen-bond donors (Lipinski definition) is 8. The Kier molecular flexibility index (Phi) is 25.7. The van der Waals surface area contributed by atoms with Gasteiger partial charge in [0.1, 0.15) is 10.6 Å². The molecule has 1 saturated heterocycles. The number of ketones is 1. The lowest BCUT2D eigenvalue weighted by atomic mass is 10.1. The first-order valence-corrected chi connectivity index (χ1v) is 21.8. The van der Waals surface area contributed by atoms with E-state index in [2.05, 4.69) is 36.9 Å². The molecule has 2 atom stereocenters. The Bertz CT molecular complexity index is 1690. The van der Waals surface area contributed by atoms with Crippen LogP contribution in [-0.4, -0.2) is 212 Å². The van der Waals surface area contributed by atoms with Crippen molar-refractivity contribution in [2.45, 2.75) is 76.9 Å². The van der Waals surface area contributed by atoms with E-state index in [1.807, 2.05) is 11.0 Å². The molecular formula is C40H62BrN9O14. The van der Waals surface area contributed by atoms with Crippen LogP contribution in [0.25, 0.3) is 0 Å². The number of rotatable bonds is 27. The minimum Gasteiger partial charge on any atom is -0.481 e. The fourth-order valence-corrected chi connectivity index (χ4v) is 6.99. The van der Waals surface area contributed by atoms with Gasteiger partial charge >= 0.3 is 35.9 Å². The molecule has 0 spiro atoms. The van der Waals surface area contributed by atoms with E-state index in [9.17, 15) is 63.6 Å². The minimum atomic E-state index is -1.31. The van der Waals surface area contributed by atoms with Crippen molar-refractivity contribution in [3.05, 3.63) is 28.5 Å². The van der Waals surface area contributed by atoms with E-state index in [0.717, 1.165) is 5.56 Å². The number of carbonyl (C=O) groups is 9. The Hall–Kier alpha value is -5.30. The van der Waals surface area contributed by atoms with Crippen molar-refractivity contribution in [2.75, 3.05) is 91.6 Å². The van der Waals surface area contributed by atoms with Crippen LogP contribution in [0.2, 0.25) is 0 Å². The average molecular weight is 973 g/mol. The molecule has 2 heterocycles. The summed E-state index contributed by atoms with van der Waals surface area (Å²) in [5.41, 5.74) is 0.757. The standard InChI is InChI=1S/C40H62BrN9O14/c1-28(51)30(9-11-35(54)55)44-40(64)45-31(39(62)63)6-3-5-13-50(23-29-8-10-32(41)43-22-29)34(53)7-2-4-12-42-33(52)24-46-14-16-47(25-36(56)57)18-20-49(27-38(60)61)21-19-48(17-15-46)26-37(58)59/h8,10,22,30-31H,2-7,9,11-21,23-27H2,1H3,(H,42,52)(H,54,55)(H,56,57)(H,58,59)(H,60,61)(H,62,63)(H2,44,45,64)/t30-,31-/m0/s1. The van der Waals surface area contributed by atoms with Crippen LogP contribution >= 0.6 is 15.9 Å². The number of carboxylic acid groups (broad SMARTS) is 5. The molecule has 2 rings (SSSR count). The molecule has 8 N–H and O–H groups in total. The van der Waals surface area contributed by atoms with Crippen LogP contribution in [0.3, 0.4) is 0 Å². The van der Waals surface area contributed by atoms with E-state index in [0.29, 0.717) is 43.4 Å². The molecule has 24 heteroatoms. The fraction of sp³-hybridized carbons (Fsp3) is 0.650. The van der Waals surface area contributed by atoms with Crippen LogP contribution in [-0.2, 0) is 44.9 Å². The maximum atomic E-state index is 13.5. The zero-order valence-electron chi connectivity index (χ0n) is 36.1. The molecule has 1 fully saturated rings. The number of nitrogens with zero attached hydrogens (tertiary/aromatic N) is 6. The molecule has 1 aromatic heterocycles. The van der Waals surface area contributed by atoms with Gasteiger partial charge in [0.15, 0.2) is 5.78 Å². The molecule has 23 nitrogen and oxygen atoms in total. The van der Waals surface area contributed by atoms with Gasteiger partial charge in [0.05, 0.1) is 32.2 Å². The van der Waals surface area contributed by atoms with Crippen molar-refractivity contribution in [2.24, 2.45) is 0 Å². The van der Waals surface area contributed by atoms with Crippen molar-refractivity contribution >= 4 is 69.4 Å². The van der Waals surface area contributed by atoms with Crippen molar-refractivity contribution in [3.8, 4) is 0 Å². The Balaban J connectivity index is 1.96. The predicted octanol–water partition coefficient (Wildman–Crippen LogP) is -0.320. The topological polar surface area (TPSA) is 320 Å². The molecule has 1 aliphatic rings. The first-order valence-electron chi connectivity index (χ1n) is 21.0. The van der Waals surface area contributed by atoms with Crippen LogP contribution in [0, 0.1) is 0 Å². The average Bonchev–Trinajstić information content (AvgIpc) is 3.20. The third-order valence-electron chi connectivity index (χ3n) is 10.2. The Labute approximate surface area is 379 Å². The zero-order chi connectivity index (χ0) is 47.6. The van der Waals surface area contributed by atoms with E-state index in [1.165, 1.54) is 6.92 Å².